The normalized spacial score (nSPS) is 19.2. The number of nitrogens with zero attached hydrogens (tertiary/aromatic N) is 2. The smallest absolute Gasteiger partial charge is 0.218 e. The molecule has 0 amide bonds. The lowest BCUT2D eigenvalue weighted by molar-refractivity contribution is 0.0729. The first-order valence-electron chi connectivity index (χ1n) is 10.8. The van der Waals surface area contributed by atoms with Crippen molar-refractivity contribution in [2.45, 2.75) is 57.4 Å². The lowest BCUT2D eigenvalue weighted by atomic mass is 9.96. The average molecular weight is 551 g/mol. The van der Waals surface area contributed by atoms with Crippen molar-refractivity contribution in [2.24, 2.45) is 4.99 Å². The van der Waals surface area contributed by atoms with Gasteiger partial charge in [0.15, 0.2) is 5.96 Å². The van der Waals surface area contributed by atoms with Gasteiger partial charge < -0.3 is 15.4 Å². The molecule has 9 heteroatoms. The summed E-state index contributed by atoms with van der Waals surface area (Å²) >= 11 is 0. The van der Waals surface area contributed by atoms with Gasteiger partial charge in [0.1, 0.15) is 0 Å². The minimum Gasteiger partial charge on any atom is -0.379 e. The lowest BCUT2D eigenvalue weighted by Gasteiger charge is -2.26. The van der Waals surface area contributed by atoms with Crippen molar-refractivity contribution < 1.29 is 13.2 Å². The van der Waals surface area contributed by atoms with E-state index in [4.69, 9.17) is 9.73 Å². The van der Waals surface area contributed by atoms with E-state index in [1.807, 2.05) is 24.3 Å². The Balaban J connectivity index is 0.00000320. The molecule has 1 saturated carbocycles. The molecule has 2 aliphatic rings. The summed E-state index contributed by atoms with van der Waals surface area (Å²) in [5.41, 5.74) is 1.77. The Hall–Kier alpha value is -0.910. The molecule has 1 saturated heterocycles. The molecule has 1 aromatic carbocycles. The van der Waals surface area contributed by atoms with Crippen molar-refractivity contribution in [2.75, 3.05) is 32.8 Å². The lowest BCUT2D eigenvalue weighted by Crippen LogP contribution is -2.44. The van der Waals surface area contributed by atoms with Gasteiger partial charge in [-0.15, -0.1) is 24.0 Å². The molecule has 0 unspecified atom stereocenters. The zero-order valence-corrected chi connectivity index (χ0v) is 21.0. The minimum absolute atomic E-state index is 0. The molecule has 30 heavy (non-hydrogen) atoms. The van der Waals surface area contributed by atoms with E-state index in [1.54, 1.807) is 0 Å². The predicted molar refractivity (Wildman–Crippen MR) is 132 cm³/mol. The second kappa shape index (κ2) is 12.8. The van der Waals surface area contributed by atoms with Crippen LogP contribution < -0.4 is 10.6 Å². The number of hydrogen-bond donors (Lipinski definition) is 2. The van der Waals surface area contributed by atoms with Crippen LogP contribution in [0, 0.1) is 0 Å². The van der Waals surface area contributed by atoms with Gasteiger partial charge >= 0.3 is 0 Å². The number of guanidine groups is 1. The maximum atomic E-state index is 12.8. The van der Waals surface area contributed by atoms with Crippen molar-refractivity contribution in [1.82, 2.24) is 14.9 Å². The van der Waals surface area contributed by atoms with E-state index in [9.17, 15) is 8.42 Å². The van der Waals surface area contributed by atoms with Crippen molar-refractivity contribution in [3.8, 4) is 0 Å². The summed E-state index contributed by atoms with van der Waals surface area (Å²) in [6.45, 7) is 5.09. The van der Waals surface area contributed by atoms with Gasteiger partial charge in [0, 0.05) is 25.7 Å². The van der Waals surface area contributed by atoms with Crippen molar-refractivity contribution >= 4 is 40.0 Å². The molecular weight excluding hydrogens is 515 g/mol. The Kier molecular flexibility index (Phi) is 10.8. The first-order chi connectivity index (χ1) is 14.1. The number of sulfonamides is 1. The van der Waals surface area contributed by atoms with Gasteiger partial charge in [0.05, 0.1) is 25.5 Å². The summed E-state index contributed by atoms with van der Waals surface area (Å²) in [6.07, 6.45) is 6.20. The molecule has 0 spiro atoms. The molecule has 7 nitrogen and oxygen atoms in total. The van der Waals surface area contributed by atoms with E-state index < -0.39 is 10.0 Å². The van der Waals surface area contributed by atoms with E-state index in [0.29, 0.717) is 38.9 Å². The number of ether oxygens (including phenoxy) is 1. The maximum absolute atomic E-state index is 12.8. The fraction of sp³-hybridized carbons (Fsp3) is 0.667. The Labute approximate surface area is 198 Å². The molecule has 2 fully saturated rings. The SMILES string of the molecule is CCNC(=NCc1ccccc1CS(=O)(=O)N1CCOCC1)NC1CCCCC1.I. The molecule has 1 aliphatic heterocycles. The van der Waals surface area contributed by atoms with Gasteiger partial charge in [0.2, 0.25) is 10.0 Å². The molecule has 0 bridgehead atoms. The van der Waals surface area contributed by atoms with Crippen LogP contribution in [0.4, 0.5) is 0 Å². The van der Waals surface area contributed by atoms with Crippen LogP contribution in [0.3, 0.4) is 0 Å². The predicted octanol–water partition coefficient (Wildman–Crippen LogP) is 2.85. The number of hydrogen-bond acceptors (Lipinski definition) is 4. The highest BCUT2D eigenvalue weighted by molar-refractivity contribution is 14.0. The van der Waals surface area contributed by atoms with Crippen LogP contribution >= 0.6 is 24.0 Å². The summed E-state index contributed by atoms with van der Waals surface area (Å²) in [7, 11) is -3.36. The Morgan fingerprint density at radius 3 is 2.47 bits per heavy atom. The molecule has 3 rings (SSSR count). The van der Waals surface area contributed by atoms with Gasteiger partial charge in [0.25, 0.3) is 0 Å². The average Bonchev–Trinajstić information content (AvgIpc) is 2.74. The molecule has 1 aliphatic carbocycles. The van der Waals surface area contributed by atoms with E-state index >= 15 is 0 Å². The molecule has 0 radical (unpaired) electrons. The van der Waals surface area contributed by atoms with Crippen LogP contribution in [0.25, 0.3) is 0 Å². The largest absolute Gasteiger partial charge is 0.379 e. The molecule has 1 heterocycles. The van der Waals surface area contributed by atoms with Crippen LogP contribution in [0.15, 0.2) is 29.3 Å². The molecule has 2 N–H and O–H groups in total. The second-order valence-corrected chi connectivity index (χ2v) is 9.68. The van der Waals surface area contributed by atoms with Crippen molar-refractivity contribution in [3.05, 3.63) is 35.4 Å². The number of aliphatic imine (C=N–C) groups is 1. The van der Waals surface area contributed by atoms with E-state index in [2.05, 4.69) is 17.6 Å². The monoisotopic (exact) mass is 550 g/mol. The highest BCUT2D eigenvalue weighted by atomic mass is 127. The summed E-state index contributed by atoms with van der Waals surface area (Å²) in [4.78, 5) is 4.75. The van der Waals surface area contributed by atoms with Gasteiger partial charge in [-0.25, -0.2) is 13.4 Å². The number of halogens is 1. The zero-order chi connectivity index (χ0) is 20.5. The van der Waals surface area contributed by atoms with Gasteiger partial charge in [-0.05, 0) is 30.9 Å². The van der Waals surface area contributed by atoms with E-state index in [1.165, 1.54) is 36.4 Å². The summed E-state index contributed by atoms with van der Waals surface area (Å²) in [5.74, 6) is 0.816. The van der Waals surface area contributed by atoms with E-state index in [0.717, 1.165) is 23.6 Å². The second-order valence-electron chi connectivity index (χ2n) is 7.71. The Morgan fingerprint density at radius 1 is 1.13 bits per heavy atom. The fourth-order valence-corrected chi connectivity index (χ4v) is 5.45. The van der Waals surface area contributed by atoms with Crippen LogP contribution in [0.5, 0.6) is 0 Å². The Morgan fingerprint density at radius 2 is 1.80 bits per heavy atom. The van der Waals surface area contributed by atoms with Crippen molar-refractivity contribution in [3.63, 3.8) is 0 Å². The highest BCUT2D eigenvalue weighted by Gasteiger charge is 2.25. The van der Waals surface area contributed by atoms with Crippen LogP contribution in [-0.4, -0.2) is 57.6 Å². The zero-order valence-electron chi connectivity index (χ0n) is 17.8. The fourth-order valence-electron chi connectivity index (χ4n) is 3.89. The quantitative estimate of drug-likeness (QED) is 0.310. The molecule has 0 atom stereocenters. The third kappa shape index (κ3) is 7.65. The third-order valence-electron chi connectivity index (χ3n) is 5.52. The third-order valence-corrected chi connectivity index (χ3v) is 7.35. The summed E-state index contributed by atoms with van der Waals surface area (Å²) in [5, 5.41) is 6.86. The molecular formula is C21H35IN4O3S. The molecule has 1 aromatic rings. The molecule has 170 valence electrons. The highest BCUT2D eigenvalue weighted by Crippen LogP contribution is 2.19. The first kappa shape index (κ1) is 25.4. The number of rotatable bonds is 7. The van der Waals surface area contributed by atoms with Gasteiger partial charge in [-0.3, -0.25) is 0 Å². The van der Waals surface area contributed by atoms with Crippen molar-refractivity contribution in [1.29, 1.82) is 0 Å². The van der Waals surface area contributed by atoms with E-state index in [-0.39, 0.29) is 29.7 Å². The standard InChI is InChI=1S/C21H34N4O3S.HI/c1-2-22-21(24-20-10-4-3-5-11-20)23-16-18-8-6-7-9-19(18)17-29(26,27)25-12-14-28-15-13-25;/h6-9,20H,2-5,10-17H2,1H3,(H2,22,23,24);1H. The molecule has 0 aromatic heterocycles. The Bertz CT molecular complexity index is 776. The van der Waals surface area contributed by atoms with Crippen LogP contribution in [-0.2, 0) is 27.1 Å². The maximum Gasteiger partial charge on any atom is 0.218 e. The minimum atomic E-state index is -3.36. The van der Waals surface area contributed by atoms with Gasteiger partial charge in [-0.1, -0.05) is 43.5 Å². The van der Waals surface area contributed by atoms with Gasteiger partial charge in [-0.2, -0.15) is 4.31 Å². The summed E-state index contributed by atoms with van der Waals surface area (Å²) in [6, 6.07) is 8.17. The van der Waals surface area contributed by atoms with Crippen LogP contribution in [0.1, 0.15) is 50.2 Å². The number of nitrogens with one attached hydrogen (secondary N) is 2. The number of benzene rings is 1. The first-order valence-corrected chi connectivity index (χ1v) is 12.4. The van der Waals surface area contributed by atoms with Crippen LogP contribution in [0.2, 0.25) is 0 Å². The summed E-state index contributed by atoms with van der Waals surface area (Å²) < 4.78 is 32.5. The topological polar surface area (TPSA) is 83.0 Å². The number of morpholine rings is 1.